The van der Waals surface area contributed by atoms with Crippen molar-refractivity contribution in [1.29, 1.82) is 0 Å². The lowest BCUT2D eigenvalue weighted by Crippen LogP contribution is -2.50. The molecule has 4 heterocycles. The highest BCUT2D eigenvalue weighted by Crippen LogP contribution is 2.45. The molecule has 0 unspecified atom stereocenters. The molecule has 1 aliphatic heterocycles. The van der Waals surface area contributed by atoms with Gasteiger partial charge in [-0.25, -0.2) is 0 Å². The Kier molecular flexibility index (Phi) is 6.88. The van der Waals surface area contributed by atoms with Gasteiger partial charge in [0, 0.05) is 49.3 Å². The van der Waals surface area contributed by atoms with Gasteiger partial charge in [0.15, 0.2) is 0 Å². The second-order valence-corrected chi connectivity index (χ2v) is 21.2. The van der Waals surface area contributed by atoms with Gasteiger partial charge in [-0.05, 0) is 93.8 Å². The largest absolute Gasteiger partial charge is 0.309 e. The van der Waals surface area contributed by atoms with Crippen LogP contribution in [0.25, 0.3) is 105 Å². The van der Waals surface area contributed by atoms with E-state index in [0.29, 0.717) is 0 Å². The van der Waals surface area contributed by atoms with Crippen LogP contribution in [0.2, 0.25) is 13.1 Å². The average molecular weight is 782 g/mol. The summed E-state index contributed by atoms with van der Waals surface area (Å²) in [5.41, 5.74) is 16.2. The van der Waals surface area contributed by atoms with Crippen molar-refractivity contribution in [1.82, 2.24) is 13.7 Å². The number of hydrogen-bond acceptors (Lipinski definition) is 0. The number of aromatic nitrogens is 3. The first kappa shape index (κ1) is 33.6. The third-order valence-electron chi connectivity index (χ3n) is 13.4. The standard InChI is InChI=1S/C56H39N3Si/c1-60(2)53-30-15-10-21-40(53)41-24-16-29-52(56(41)60)59-48-28-14-9-23-43(48)55-51(59)34-33-50-54(55)42-22-8-13-27-47(42)58(50)45-25-11-6-19-38(45)36-31-32-49-44(35-36)39-20-7-12-26-46(39)57(49)37-17-4-3-5-18-37/h3-35H,1-2H3. The highest BCUT2D eigenvalue weighted by Gasteiger charge is 2.40. The van der Waals surface area contributed by atoms with Gasteiger partial charge >= 0.3 is 0 Å². The number of fused-ring (bicyclic) bond motifs is 13. The van der Waals surface area contributed by atoms with Gasteiger partial charge in [-0.1, -0.05) is 147 Å². The summed E-state index contributed by atoms with van der Waals surface area (Å²) < 4.78 is 7.47. The normalized spacial score (nSPS) is 13.3. The Morgan fingerprint density at radius 2 is 0.833 bits per heavy atom. The topological polar surface area (TPSA) is 14.8 Å². The predicted molar refractivity (Wildman–Crippen MR) is 257 cm³/mol. The van der Waals surface area contributed by atoms with E-state index in [0.717, 1.165) is 0 Å². The van der Waals surface area contributed by atoms with Crippen molar-refractivity contribution in [2.24, 2.45) is 0 Å². The van der Waals surface area contributed by atoms with E-state index in [1.54, 1.807) is 0 Å². The lowest BCUT2D eigenvalue weighted by atomic mass is 10.0. The second kappa shape index (κ2) is 12.3. The maximum absolute atomic E-state index is 2.57. The Balaban J connectivity index is 1.07. The second-order valence-electron chi connectivity index (χ2n) is 16.9. The molecule has 0 N–H and O–H groups in total. The monoisotopic (exact) mass is 781 g/mol. The van der Waals surface area contributed by atoms with E-state index in [4.69, 9.17) is 0 Å². The molecule has 282 valence electrons. The molecule has 0 saturated heterocycles. The molecule has 0 aliphatic carbocycles. The minimum atomic E-state index is -2.01. The molecule has 0 bridgehead atoms. The molecule has 12 aromatic rings. The summed E-state index contributed by atoms with van der Waals surface area (Å²) in [6, 6.07) is 74.3. The first-order valence-electron chi connectivity index (χ1n) is 21.0. The summed E-state index contributed by atoms with van der Waals surface area (Å²) in [6.07, 6.45) is 0. The number of para-hydroxylation sites is 5. The molecule has 0 saturated carbocycles. The van der Waals surface area contributed by atoms with Crippen LogP contribution in [-0.2, 0) is 0 Å². The van der Waals surface area contributed by atoms with Crippen LogP contribution in [0, 0.1) is 0 Å². The quantitative estimate of drug-likeness (QED) is 0.158. The van der Waals surface area contributed by atoms with Gasteiger partial charge in [-0.3, -0.25) is 0 Å². The summed E-state index contributed by atoms with van der Waals surface area (Å²) in [5.74, 6) is 0. The molecule has 0 fully saturated rings. The van der Waals surface area contributed by atoms with Crippen molar-refractivity contribution in [2.75, 3.05) is 0 Å². The van der Waals surface area contributed by atoms with Crippen molar-refractivity contribution in [3.8, 4) is 39.3 Å². The summed E-state index contributed by atoms with van der Waals surface area (Å²) in [4.78, 5) is 0. The van der Waals surface area contributed by atoms with Gasteiger partial charge in [-0.2, -0.15) is 0 Å². The third kappa shape index (κ3) is 4.43. The smallest absolute Gasteiger partial charge is 0.116 e. The van der Waals surface area contributed by atoms with E-state index in [1.165, 1.54) is 115 Å². The van der Waals surface area contributed by atoms with Gasteiger partial charge in [0.05, 0.1) is 38.8 Å². The lowest BCUT2D eigenvalue weighted by molar-refractivity contribution is 1.17. The molecule has 4 heteroatoms. The maximum atomic E-state index is 2.57. The number of hydrogen-bond donors (Lipinski definition) is 0. The van der Waals surface area contributed by atoms with Crippen LogP contribution >= 0.6 is 0 Å². The first-order chi connectivity index (χ1) is 29.6. The molecular weight excluding hydrogens is 743 g/mol. The Bertz CT molecular complexity index is 3750. The van der Waals surface area contributed by atoms with Crippen LogP contribution < -0.4 is 10.4 Å². The van der Waals surface area contributed by atoms with Gasteiger partial charge in [0.25, 0.3) is 0 Å². The summed E-state index contributed by atoms with van der Waals surface area (Å²) >= 11 is 0. The van der Waals surface area contributed by atoms with Crippen molar-refractivity contribution >= 4 is 83.9 Å². The summed E-state index contributed by atoms with van der Waals surface area (Å²) in [6.45, 7) is 5.05. The minimum absolute atomic E-state index is 1.17. The Labute approximate surface area is 348 Å². The Morgan fingerprint density at radius 3 is 1.55 bits per heavy atom. The van der Waals surface area contributed by atoms with Crippen molar-refractivity contribution in [2.45, 2.75) is 13.1 Å². The zero-order chi connectivity index (χ0) is 39.7. The van der Waals surface area contributed by atoms with Crippen molar-refractivity contribution < 1.29 is 0 Å². The van der Waals surface area contributed by atoms with Crippen LogP contribution in [-0.4, -0.2) is 21.8 Å². The zero-order valence-corrected chi connectivity index (χ0v) is 34.4. The zero-order valence-electron chi connectivity index (χ0n) is 33.4. The fraction of sp³-hybridized carbons (Fsp3) is 0.0357. The molecule has 3 nitrogen and oxygen atoms in total. The van der Waals surface area contributed by atoms with Crippen LogP contribution in [0.15, 0.2) is 200 Å². The number of rotatable bonds is 4. The van der Waals surface area contributed by atoms with Gasteiger partial charge in [0.1, 0.15) is 8.07 Å². The van der Waals surface area contributed by atoms with Gasteiger partial charge < -0.3 is 13.7 Å². The minimum Gasteiger partial charge on any atom is -0.309 e. The first-order valence-corrected chi connectivity index (χ1v) is 24.0. The molecule has 3 aromatic heterocycles. The van der Waals surface area contributed by atoms with Crippen LogP contribution in [0.5, 0.6) is 0 Å². The fourth-order valence-electron chi connectivity index (χ4n) is 11.0. The summed E-state index contributed by atoms with van der Waals surface area (Å²) in [7, 11) is -2.01. The molecular formula is C56H39N3Si. The Morgan fingerprint density at radius 1 is 0.333 bits per heavy atom. The van der Waals surface area contributed by atoms with Crippen LogP contribution in [0.1, 0.15) is 0 Å². The molecule has 13 rings (SSSR count). The highest BCUT2D eigenvalue weighted by molar-refractivity contribution is 7.04. The Hall–Kier alpha value is -7.40. The molecule has 0 atom stereocenters. The molecule has 60 heavy (non-hydrogen) atoms. The van der Waals surface area contributed by atoms with Gasteiger partial charge in [0.2, 0.25) is 0 Å². The fourth-order valence-corrected chi connectivity index (χ4v) is 14.4. The van der Waals surface area contributed by atoms with Crippen molar-refractivity contribution in [3.05, 3.63) is 200 Å². The third-order valence-corrected chi connectivity index (χ3v) is 17.0. The SMILES string of the molecule is C[Si]1(C)c2ccccc2-c2cccc(-n3c4ccccc4c4c5c6ccccc6n(-c6ccccc6-c6ccc7c(c6)c6ccccc6n7-c6ccccc6)c5ccc43)c21. The number of nitrogens with zero attached hydrogens (tertiary/aromatic N) is 3. The van der Waals surface area contributed by atoms with Gasteiger partial charge in [-0.15, -0.1) is 0 Å². The van der Waals surface area contributed by atoms with E-state index in [-0.39, 0.29) is 0 Å². The van der Waals surface area contributed by atoms with E-state index >= 15 is 0 Å². The van der Waals surface area contributed by atoms with E-state index in [9.17, 15) is 0 Å². The molecule has 0 radical (unpaired) electrons. The predicted octanol–water partition coefficient (Wildman–Crippen LogP) is 13.4. The molecule has 9 aromatic carbocycles. The summed E-state index contributed by atoms with van der Waals surface area (Å²) in [5, 5.41) is 10.7. The van der Waals surface area contributed by atoms with E-state index in [1.807, 2.05) is 0 Å². The van der Waals surface area contributed by atoms with E-state index in [2.05, 4.69) is 227 Å². The highest BCUT2D eigenvalue weighted by atomic mass is 28.3. The van der Waals surface area contributed by atoms with E-state index < -0.39 is 8.07 Å². The molecule has 1 aliphatic rings. The molecule has 0 amide bonds. The number of benzene rings is 9. The molecule has 0 spiro atoms. The average Bonchev–Trinajstić information content (AvgIpc) is 4.00. The van der Waals surface area contributed by atoms with Crippen LogP contribution in [0.4, 0.5) is 0 Å². The van der Waals surface area contributed by atoms with Crippen LogP contribution in [0.3, 0.4) is 0 Å². The van der Waals surface area contributed by atoms with Crippen molar-refractivity contribution in [3.63, 3.8) is 0 Å². The maximum Gasteiger partial charge on any atom is 0.116 e. The lowest BCUT2D eigenvalue weighted by Gasteiger charge is -2.23.